The molecule has 0 radical (unpaired) electrons. The number of nitrogens with one attached hydrogen (secondary N) is 1. The predicted molar refractivity (Wildman–Crippen MR) is 90.9 cm³/mol. The van der Waals surface area contributed by atoms with Gasteiger partial charge in [-0.15, -0.1) is 11.3 Å². The zero-order valence-electron chi connectivity index (χ0n) is 11.3. The van der Waals surface area contributed by atoms with E-state index in [0.29, 0.717) is 15.6 Å². The molecule has 1 atom stereocenters. The molecule has 0 saturated heterocycles. The maximum absolute atomic E-state index is 6.16. The third-order valence-corrected chi connectivity index (χ3v) is 4.77. The first-order valence-corrected chi connectivity index (χ1v) is 7.92. The number of nitrogens with zero attached hydrogens (tertiary/aromatic N) is 1. The summed E-state index contributed by atoms with van der Waals surface area (Å²) in [5.41, 5.74) is 7.27. The Balaban J connectivity index is 2.25. The first-order valence-electron chi connectivity index (χ1n) is 6.32. The van der Waals surface area contributed by atoms with Crippen molar-refractivity contribution in [2.75, 3.05) is 5.32 Å². The largest absolute Gasteiger partial charge is 0.389 e. The van der Waals surface area contributed by atoms with Gasteiger partial charge in [-0.1, -0.05) is 36.8 Å². The number of aryl methyl sites for hydroxylation is 1. The van der Waals surface area contributed by atoms with Crippen molar-refractivity contribution in [2.24, 2.45) is 5.73 Å². The van der Waals surface area contributed by atoms with Gasteiger partial charge in [0.15, 0.2) is 0 Å². The second-order valence-electron chi connectivity index (χ2n) is 4.41. The number of hydrogen-bond acceptors (Lipinski definition) is 4. The van der Waals surface area contributed by atoms with E-state index in [-0.39, 0.29) is 6.04 Å². The van der Waals surface area contributed by atoms with Gasteiger partial charge in [-0.3, -0.25) is 0 Å². The van der Waals surface area contributed by atoms with Gasteiger partial charge in [-0.2, -0.15) is 0 Å². The molecule has 106 valence electrons. The molecule has 2 rings (SSSR count). The zero-order chi connectivity index (χ0) is 14.7. The van der Waals surface area contributed by atoms with E-state index in [1.54, 1.807) is 17.4 Å². The summed E-state index contributed by atoms with van der Waals surface area (Å²) >= 11 is 12.9. The number of aromatic nitrogens is 1. The number of thiocarbonyl (C=S) groups is 1. The maximum Gasteiger partial charge on any atom is 0.115 e. The van der Waals surface area contributed by atoms with E-state index in [9.17, 15) is 0 Å². The lowest BCUT2D eigenvalue weighted by atomic mass is 10.1. The predicted octanol–water partition coefficient (Wildman–Crippen LogP) is 4.17. The fraction of sp³-hybridized carbons (Fsp3) is 0.286. The molecule has 3 N–H and O–H groups in total. The van der Waals surface area contributed by atoms with E-state index in [4.69, 9.17) is 29.6 Å². The molecule has 1 heterocycles. The Labute approximate surface area is 133 Å². The topological polar surface area (TPSA) is 50.9 Å². The van der Waals surface area contributed by atoms with Gasteiger partial charge in [-0.05, 0) is 25.5 Å². The lowest BCUT2D eigenvalue weighted by molar-refractivity contribution is 0.869. The van der Waals surface area contributed by atoms with Crippen LogP contribution < -0.4 is 11.1 Å². The number of benzene rings is 1. The van der Waals surface area contributed by atoms with Gasteiger partial charge in [0.25, 0.3) is 0 Å². The van der Waals surface area contributed by atoms with E-state index < -0.39 is 0 Å². The minimum Gasteiger partial charge on any atom is -0.389 e. The van der Waals surface area contributed by atoms with E-state index in [1.165, 1.54) is 4.88 Å². The standard InChI is InChI=1S/C14H16ClN3S2/c1-3-9-7-17-14(20-9)8(2)18-11-6-4-5-10(15)12(11)13(16)19/h4-8,18H,3H2,1-2H3,(H2,16,19). The highest BCUT2D eigenvalue weighted by molar-refractivity contribution is 7.80. The van der Waals surface area contributed by atoms with Crippen LogP contribution in [0.2, 0.25) is 5.02 Å². The molecule has 0 spiro atoms. The Morgan fingerprint density at radius 2 is 2.30 bits per heavy atom. The number of hydrogen-bond donors (Lipinski definition) is 2. The molecule has 0 saturated carbocycles. The Kier molecular flexibility index (Phi) is 4.96. The maximum atomic E-state index is 6.16. The number of rotatable bonds is 5. The molecule has 0 amide bonds. The number of nitrogens with two attached hydrogens (primary N) is 1. The van der Waals surface area contributed by atoms with Crippen molar-refractivity contribution in [3.8, 4) is 0 Å². The average molecular weight is 326 g/mol. The summed E-state index contributed by atoms with van der Waals surface area (Å²) in [7, 11) is 0. The minimum atomic E-state index is 0.0758. The highest BCUT2D eigenvalue weighted by Crippen LogP contribution is 2.29. The van der Waals surface area contributed by atoms with Gasteiger partial charge in [0, 0.05) is 16.8 Å². The van der Waals surface area contributed by atoms with Crippen molar-refractivity contribution in [1.29, 1.82) is 0 Å². The minimum absolute atomic E-state index is 0.0758. The van der Waals surface area contributed by atoms with Crippen LogP contribution >= 0.6 is 35.2 Å². The summed E-state index contributed by atoms with van der Waals surface area (Å²) in [6.45, 7) is 4.18. The number of thiazole rings is 1. The van der Waals surface area contributed by atoms with E-state index in [2.05, 4.69) is 24.1 Å². The molecule has 20 heavy (non-hydrogen) atoms. The molecule has 0 aliphatic rings. The lowest BCUT2D eigenvalue weighted by Crippen LogP contribution is -2.15. The van der Waals surface area contributed by atoms with Crippen LogP contribution in [0.4, 0.5) is 5.69 Å². The third kappa shape index (κ3) is 3.29. The molecule has 1 unspecified atom stereocenters. The number of anilines is 1. The second kappa shape index (κ2) is 6.52. The molecule has 6 heteroatoms. The molecule has 0 aliphatic carbocycles. The molecule has 3 nitrogen and oxygen atoms in total. The monoisotopic (exact) mass is 325 g/mol. The first kappa shape index (κ1) is 15.2. The lowest BCUT2D eigenvalue weighted by Gasteiger charge is -2.16. The first-order chi connectivity index (χ1) is 9.52. The average Bonchev–Trinajstić information content (AvgIpc) is 2.87. The van der Waals surface area contributed by atoms with Crippen LogP contribution in [0.25, 0.3) is 0 Å². The number of halogens is 1. The summed E-state index contributed by atoms with van der Waals surface area (Å²) in [5.74, 6) is 0. The summed E-state index contributed by atoms with van der Waals surface area (Å²) in [5, 5.41) is 4.98. The van der Waals surface area contributed by atoms with Crippen molar-refractivity contribution in [1.82, 2.24) is 4.98 Å². The molecule has 2 aromatic rings. The van der Waals surface area contributed by atoms with Crippen LogP contribution in [0.5, 0.6) is 0 Å². The highest BCUT2D eigenvalue weighted by Gasteiger charge is 2.14. The molecule has 1 aromatic heterocycles. The van der Waals surface area contributed by atoms with Gasteiger partial charge >= 0.3 is 0 Å². The van der Waals surface area contributed by atoms with E-state index in [1.807, 2.05) is 18.3 Å². The summed E-state index contributed by atoms with van der Waals surface area (Å²) in [4.78, 5) is 6.00. The Morgan fingerprint density at radius 3 is 2.90 bits per heavy atom. The molecule has 0 aliphatic heterocycles. The van der Waals surface area contributed by atoms with Crippen LogP contribution in [0.1, 0.15) is 35.3 Å². The fourth-order valence-electron chi connectivity index (χ4n) is 1.88. The Hall–Kier alpha value is -1.17. The van der Waals surface area contributed by atoms with Crippen molar-refractivity contribution in [2.45, 2.75) is 26.3 Å². The Morgan fingerprint density at radius 1 is 1.55 bits per heavy atom. The molecular formula is C14H16ClN3S2. The van der Waals surface area contributed by atoms with Crippen molar-refractivity contribution in [3.63, 3.8) is 0 Å². The van der Waals surface area contributed by atoms with Crippen molar-refractivity contribution < 1.29 is 0 Å². The normalized spacial score (nSPS) is 12.2. The smallest absolute Gasteiger partial charge is 0.115 e. The SMILES string of the molecule is CCc1cnc(C(C)Nc2cccc(Cl)c2C(N)=S)s1. The van der Waals surface area contributed by atoms with Crippen molar-refractivity contribution >= 4 is 45.8 Å². The van der Waals surface area contributed by atoms with Crippen LogP contribution in [-0.4, -0.2) is 9.97 Å². The summed E-state index contributed by atoms with van der Waals surface area (Å²) in [6.07, 6.45) is 2.92. The van der Waals surface area contributed by atoms with Gasteiger partial charge in [-0.25, -0.2) is 4.98 Å². The van der Waals surface area contributed by atoms with Gasteiger partial charge in [0.2, 0.25) is 0 Å². The van der Waals surface area contributed by atoms with Gasteiger partial charge in [0.05, 0.1) is 16.6 Å². The zero-order valence-corrected chi connectivity index (χ0v) is 13.7. The fourth-order valence-corrected chi connectivity index (χ4v) is 3.29. The quantitative estimate of drug-likeness (QED) is 0.810. The summed E-state index contributed by atoms with van der Waals surface area (Å²) in [6, 6.07) is 5.65. The molecule has 1 aromatic carbocycles. The van der Waals surface area contributed by atoms with Crippen LogP contribution in [0.15, 0.2) is 24.4 Å². The molecule has 0 fully saturated rings. The van der Waals surface area contributed by atoms with E-state index >= 15 is 0 Å². The Bertz CT molecular complexity index is 625. The van der Waals surface area contributed by atoms with Crippen molar-refractivity contribution in [3.05, 3.63) is 44.9 Å². The van der Waals surface area contributed by atoms with Gasteiger partial charge in [0.1, 0.15) is 10.00 Å². The molecule has 0 bridgehead atoms. The second-order valence-corrected chi connectivity index (χ2v) is 6.40. The molecular weight excluding hydrogens is 310 g/mol. The highest BCUT2D eigenvalue weighted by atomic mass is 35.5. The van der Waals surface area contributed by atoms with E-state index in [0.717, 1.165) is 17.1 Å². The van der Waals surface area contributed by atoms with Crippen LogP contribution in [-0.2, 0) is 6.42 Å². The van der Waals surface area contributed by atoms with Gasteiger partial charge < -0.3 is 11.1 Å². The third-order valence-electron chi connectivity index (χ3n) is 2.92. The summed E-state index contributed by atoms with van der Waals surface area (Å²) < 4.78 is 0. The van der Waals surface area contributed by atoms with Crippen LogP contribution in [0, 0.1) is 0 Å². The van der Waals surface area contributed by atoms with Crippen LogP contribution in [0.3, 0.4) is 0 Å².